The summed E-state index contributed by atoms with van der Waals surface area (Å²) in [4.78, 5) is 17.0. The predicted molar refractivity (Wildman–Crippen MR) is 89.0 cm³/mol. The van der Waals surface area contributed by atoms with Crippen LogP contribution in [-0.2, 0) is 9.53 Å². The Morgan fingerprint density at radius 2 is 1.95 bits per heavy atom. The van der Waals surface area contributed by atoms with E-state index in [4.69, 9.17) is 4.74 Å². The number of carbonyl (C=O) groups excluding carboxylic acids is 1. The maximum Gasteiger partial charge on any atom is 0.237 e. The van der Waals surface area contributed by atoms with E-state index in [1.165, 1.54) is 25.7 Å². The van der Waals surface area contributed by atoms with Gasteiger partial charge in [0.05, 0.1) is 18.8 Å². The largest absolute Gasteiger partial charge is 0.374 e. The smallest absolute Gasteiger partial charge is 0.237 e. The van der Waals surface area contributed by atoms with Crippen molar-refractivity contribution in [3.63, 3.8) is 0 Å². The van der Waals surface area contributed by atoms with E-state index in [0.29, 0.717) is 6.04 Å². The van der Waals surface area contributed by atoms with E-state index < -0.39 is 0 Å². The Balaban J connectivity index is 1.81. The van der Waals surface area contributed by atoms with Gasteiger partial charge in [-0.15, -0.1) is 0 Å². The van der Waals surface area contributed by atoms with Crippen LogP contribution in [0.25, 0.3) is 0 Å². The van der Waals surface area contributed by atoms with Gasteiger partial charge in [-0.2, -0.15) is 0 Å². The summed E-state index contributed by atoms with van der Waals surface area (Å²) in [5.74, 6) is 0.192. The topological polar surface area (TPSA) is 44.8 Å². The Bertz CT molecular complexity index is 341. The van der Waals surface area contributed by atoms with E-state index in [1.54, 1.807) is 0 Å². The quantitative estimate of drug-likeness (QED) is 0.781. The Morgan fingerprint density at radius 3 is 2.59 bits per heavy atom. The molecule has 1 N–H and O–H groups in total. The van der Waals surface area contributed by atoms with Crippen molar-refractivity contribution >= 4 is 5.91 Å². The van der Waals surface area contributed by atoms with Gasteiger partial charge in [-0.25, -0.2) is 0 Å². The van der Waals surface area contributed by atoms with Crippen LogP contribution >= 0.6 is 0 Å². The molecule has 0 aromatic heterocycles. The fraction of sp³-hybridized carbons (Fsp3) is 0.941. The summed E-state index contributed by atoms with van der Waals surface area (Å²) in [5.41, 5.74) is 0. The summed E-state index contributed by atoms with van der Waals surface area (Å²) in [7, 11) is 4.12. The van der Waals surface area contributed by atoms with Crippen molar-refractivity contribution < 1.29 is 9.53 Å². The van der Waals surface area contributed by atoms with Crippen LogP contribution in [0.4, 0.5) is 0 Å². The van der Waals surface area contributed by atoms with Crippen LogP contribution in [0.1, 0.15) is 45.4 Å². The minimum atomic E-state index is -0.0585. The van der Waals surface area contributed by atoms with Gasteiger partial charge < -0.3 is 15.0 Å². The molecule has 0 unspecified atom stereocenters. The standard InChI is InChI=1S/C17H33N3O2/c1-14(17(21)18-15-8-6-4-5-7-9-15)20-10-11-22-16(13-20)12-19(2)3/h14-16H,4-13H2,1-3H3,(H,18,21)/t14-,16-/m1/s1. The fourth-order valence-corrected chi connectivity index (χ4v) is 3.52. The van der Waals surface area contributed by atoms with Gasteiger partial charge in [0.25, 0.3) is 0 Å². The number of nitrogens with one attached hydrogen (secondary N) is 1. The Hall–Kier alpha value is -0.650. The molecule has 1 saturated carbocycles. The summed E-state index contributed by atoms with van der Waals surface area (Å²) in [6.07, 6.45) is 7.63. The summed E-state index contributed by atoms with van der Waals surface area (Å²) in [5, 5.41) is 3.28. The lowest BCUT2D eigenvalue weighted by Crippen LogP contribution is -2.55. The van der Waals surface area contributed by atoms with E-state index in [9.17, 15) is 4.79 Å². The second-order valence-electron chi connectivity index (χ2n) is 7.12. The lowest BCUT2D eigenvalue weighted by atomic mass is 10.1. The van der Waals surface area contributed by atoms with E-state index in [0.717, 1.165) is 39.1 Å². The minimum Gasteiger partial charge on any atom is -0.374 e. The number of likely N-dealkylation sites (N-methyl/N-ethyl adjacent to an activating group) is 1. The molecule has 0 aromatic rings. The molecule has 1 aliphatic carbocycles. The zero-order valence-electron chi connectivity index (χ0n) is 14.5. The van der Waals surface area contributed by atoms with Crippen molar-refractivity contribution in [1.29, 1.82) is 0 Å². The van der Waals surface area contributed by atoms with Crippen LogP contribution in [0.5, 0.6) is 0 Å². The molecular formula is C17H33N3O2. The molecule has 1 aliphatic heterocycles. The van der Waals surface area contributed by atoms with Gasteiger partial charge in [-0.3, -0.25) is 9.69 Å². The van der Waals surface area contributed by atoms with E-state index >= 15 is 0 Å². The lowest BCUT2D eigenvalue weighted by Gasteiger charge is -2.37. The first-order valence-corrected chi connectivity index (χ1v) is 8.87. The van der Waals surface area contributed by atoms with Crippen LogP contribution < -0.4 is 5.32 Å². The number of hydrogen-bond donors (Lipinski definition) is 1. The monoisotopic (exact) mass is 311 g/mol. The second-order valence-corrected chi connectivity index (χ2v) is 7.12. The number of ether oxygens (including phenoxy) is 1. The average Bonchev–Trinajstić information content (AvgIpc) is 2.74. The number of amides is 1. The predicted octanol–water partition coefficient (Wildman–Crippen LogP) is 1.48. The van der Waals surface area contributed by atoms with Gasteiger partial charge >= 0.3 is 0 Å². The third-order valence-electron chi connectivity index (χ3n) is 4.87. The molecule has 0 spiro atoms. The van der Waals surface area contributed by atoms with E-state index in [-0.39, 0.29) is 18.1 Å². The molecule has 2 fully saturated rings. The highest BCUT2D eigenvalue weighted by atomic mass is 16.5. The van der Waals surface area contributed by atoms with E-state index in [2.05, 4.69) is 29.2 Å². The van der Waals surface area contributed by atoms with E-state index in [1.807, 2.05) is 6.92 Å². The van der Waals surface area contributed by atoms with Crippen molar-refractivity contribution in [3.05, 3.63) is 0 Å². The number of morpholine rings is 1. The highest BCUT2D eigenvalue weighted by Gasteiger charge is 2.29. The average molecular weight is 311 g/mol. The van der Waals surface area contributed by atoms with Crippen LogP contribution in [0.3, 0.4) is 0 Å². The number of rotatable bonds is 5. The summed E-state index contributed by atoms with van der Waals surface area (Å²) < 4.78 is 5.80. The third-order valence-corrected chi connectivity index (χ3v) is 4.87. The van der Waals surface area contributed by atoms with Gasteiger partial charge in [-0.05, 0) is 33.9 Å². The number of carbonyl (C=O) groups is 1. The zero-order valence-corrected chi connectivity index (χ0v) is 14.5. The van der Waals surface area contributed by atoms with Gasteiger partial charge in [0.15, 0.2) is 0 Å². The molecule has 5 heteroatoms. The first-order valence-electron chi connectivity index (χ1n) is 8.87. The van der Waals surface area contributed by atoms with Crippen LogP contribution in [0.2, 0.25) is 0 Å². The summed E-state index contributed by atoms with van der Waals surface area (Å²) in [6, 6.07) is 0.327. The van der Waals surface area contributed by atoms with Gasteiger partial charge in [0, 0.05) is 25.7 Å². The van der Waals surface area contributed by atoms with Gasteiger partial charge in [0.2, 0.25) is 5.91 Å². The number of hydrogen-bond acceptors (Lipinski definition) is 4. The lowest BCUT2D eigenvalue weighted by molar-refractivity contribution is -0.130. The van der Waals surface area contributed by atoms with Crippen molar-refractivity contribution in [3.8, 4) is 0 Å². The molecule has 1 amide bonds. The molecule has 0 radical (unpaired) electrons. The first kappa shape index (κ1) is 17.7. The Morgan fingerprint density at radius 1 is 1.27 bits per heavy atom. The van der Waals surface area contributed by atoms with Crippen molar-refractivity contribution in [1.82, 2.24) is 15.1 Å². The molecular weight excluding hydrogens is 278 g/mol. The molecule has 1 saturated heterocycles. The highest BCUT2D eigenvalue weighted by Crippen LogP contribution is 2.18. The molecule has 2 atom stereocenters. The molecule has 0 bridgehead atoms. The maximum absolute atomic E-state index is 12.5. The Labute approximate surface area is 135 Å². The van der Waals surface area contributed by atoms with Crippen molar-refractivity contribution in [2.24, 2.45) is 0 Å². The molecule has 128 valence electrons. The molecule has 0 aromatic carbocycles. The first-order chi connectivity index (χ1) is 10.6. The van der Waals surface area contributed by atoms with Crippen LogP contribution in [0.15, 0.2) is 0 Å². The van der Waals surface area contributed by atoms with Crippen LogP contribution in [-0.4, -0.2) is 74.2 Å². The zero-order chi connectivity index (χ0) is 15.9. The summed E-state index contributed by atoms with van der Waals surface area (Å²) in [6.45, 7) is 5.36. The highest BCUT2D eigenvalue weighted by molar-refractivity contribution is 5.81. The van der Waals surface area contributed by atoms with Gasteiger partial charge in [-0.1, -0.05) is 25.7 Å². The molecule has 22 heavy (non-hydrogen) atoms. The van der Waals surface area contributed by atoms with Crippen molar-refractivity contribution in [2.75, 3.05) is 40.3 Å². The number of nitrogens with zero attached hydrogens (tertiary/aromatic N) is 2. The van der Waals surface area contributed by atoms with Crippen LogP contribution in [0, 0.1) is 0 Å². The summed E-state index contributed by atoms with van der Waals surface area (Å²) >= 11 is 0. The molecule has 5 nitrogen and oxygen atoms in total. The SMILES string of the molecule is C[C@H](C(=O)NC1CCCCCC1)N1CCO[C@H](CN(C)C)C1. The van der Waals surface area contributed by atoms with Gasteiger partial charge in [0.1, 0.15) is 0 Å². The normalized spacial score (nSPS) is 26.6. The van der Waals surface area contributed by atoms with Crippen molar-refractivity contribution in [2.45, 2.75) is 63.6 Å². The minimum absolute atomic E-state index is 0.0585. The third kappa shape index (κ3) is 5.52. The molecule has 2 aliphatic rings. The second kappa shape index (κ2) is 8.85. The molecule has 2 rings (SSSR count). The Kier molecular flexibility index (Phi) is 7.12. The molecule has 1 heterocycles. The fourth-order valence-electron chi connectivity index (χ4n) is 3.52. The maximum atomic E-state index is 12.5.